The van der Waals surface area contributed by atoms with E-state index in [1.54, 1.807) is 143 Å². The summed E-state index contributed by atoms with van der Waals surface area (Å²) in [5, 5.41) is 51.4. The number of rotatable bonds is 17. The number of aliphatic hydroxyl groups is 1. The molecule has 0 bridgehead atoms. The predicted molar refractivity (Wildman–Crippen MR) is 522 cm³/mol. The molecule has 12 aromatic rings. The number of nitrogens with zero attached hydrogens (tertiary/aromatic N) is 6. The number of carbonyl (C=O) groups is 7. The fraction of sp³-hybridized carbons (Fsp3) is 0.284. The highest BCUT2D eigenvalue weighted by atomic mass is 79.9. The molecule has 6 heterocycles. The lowest BCUT2D eigenvalue weighted by atomic mass is 9.80. The molecular formula is C102H111BBrClF18N13O14+. The Hall–Kier alpha value is -14.5. The Morgan fingerprint density at radius 1 is 0.420 bits per heavy atom. The van der Waals surface area contributed by atoms with Crippen LogP contribution in [0.15, 0.2) is 260 Å². The van der Waals surface area contributed by atoms with E-state index in [-0.39, 0.29) is 36.1 Å². The Morgan fingerprint density at radius 2 is 0.713 bits per heavy atom. The van der Waals surface area contributed by atoms with Gasteiger partial charge >= 0.3 is 62.3 Å². The number of carboxylic acid groups (broad SMARTS) is 1. The zero-order valence-corrected chi connectivity index (χ0v) is 85.4. The zero-order chi connectivity index (χ0) is 114. The minimum Gasteiger partial charge on any atom is -1.00 e. The maximum atomic E-state index is 12.6. The van der Waals surface area contributed by atoms with Gasteiger partial charge in [0.25, 0.3) is 5.91 Å². The van der Waals surface area contributed by atoms with Crippen LogP contribution in [0.25, 0.3) is 55.6 Å². The number of pyridine rings is 6. The smallest absolute Gasteiger partial charge is 0.488 e. The van der Waals surface area contributed by atoms with Crippen LogP contribution in [0.1, 0.15) is 155 Å². The normalized spacial score (nSPS) is 11.7. The first-order chi connectivity index (χ1) is 68.5. The van der Waals surface area contributed by atoms with Gasteiger partial charge in [0.05, 0.1) is 56.9 Å². The summed E-state index contributed by atoms with van der Waals surface area (Å²) in [6, 6.07) is 47.4. The van der Waals surface area contributed by atoms with Gasteiger partial charge in [-0.3, -0.25) is 59.4 Å². The van der Waals surface area contributed by atoms with Crippen molar-refractivity contribution in [1.29, 1.82) is 0 Å². The molecule has 5 amide bonds. The van der Waals surface area contributed by atoms with Crippen molar-refractivity contribution in [2.24, 2.45) is 17.2 Å². The van der Waals surface area contributed by atoms with Gasteiger partial charge in [0.2, 0.25) is 23.7 Å². The highest BCUT2D eigenvalue weighted by molar-refractivity contribution is 9.10. The third-order valence-corrected chi connectivity index (χ3v) is 19.6. The van der Waals surface area contributed by atoms with E-state index >= 15 is 0 Å². The number of hydrogen-bond donors (Lipinski definition) is 12. The largest absolute Gasteiger partial charge is 1.00 e. The quantitative estimate of drug-likeness (QED) is 0.0132. The molecule has 12 rings (SSSR count). The van der Waals surface area contributed by atoms with Crippen molar-refractivity contribution in [2.75, 3.05) is 0 Å². The van der Waals surface area contributed by atoms with Gasteiger partial charge in [0.1, 0.15) is 29.0 Å². The number of ether oxygens (including phenoxy) is 2. The number of nitrogens with one attached hydrogen (secondary N) is 3. The van der Waals surface area contributed by atoms with Gasteiger partial charge in [-0.15, -0.1) is 0 Å². The number of alkyl halides is 18. The highest BCUT2D eigenvalue weighted by Crippen LogP contribution is 2.37. The average Bonchev–Trinajstić information content (AvgIpc) is 0.822. The number of aldehydes is 1. The minimum atomic E-state index is -4.39. The number of primary amides is 3. The van der Waals surface area contributed by atoms with Crippen molar-refractivity contribution in [3.8, 4) is 55.6 Å². The Morgan fingerprint density at radius 3 is 0.987 bits per heavy atom. The standard InChI is InChI=1S/C17H18F3N3O.C13H11F3NO.C13H10F3NO.C13H8F3NO.C13H10F3N.C8H16N2O3.C8H15NO4.C7H6BF3O2.C6H6BrN.C4H10N2O.ClH/c1-16(2,15(21)24)23-10-14-9-12(7-8-22-14)11-3-5-13(6-4-11)17(18,19)20;1-9-8-11(6-7-17(9)18)10-2-4-12(5-3-10)13(14,15)16;2*14-13(15,16)11-3-1-9(2-4-11)10-5-6-17-12(7-10)8-18;1-9-8-11(6-7-17-9)10-2-4-12(5-3-10)13(14,15)16;1-5(6(9)11)10-7(12)13-8(2,3)4;1-5(6(10)11)9-7(12)13-8(2,3)4;9-7(10,11)5-1-3-6(4-2-5)8(12)13;1-5-4-6(7)2-3-8-5;1-4(2,6)3(5)7;/h3-9,23H,10H2,1-2H3,(H2,21,24);2-8,18H,1H3;1-7,18H,8H2;1-8H;2-8H,1H3;5H,1-4H3,(H2,9,11)(H,10,12);5H,1-4H3,(H,9,12)(H,10,11);1-4,12-13H;2-4H,1H3;6H2,1-2H3,(H2,5,7);1H/q;+1;;;;;;;;;. The summed E-state index contributed by atoms with van der Waals surface area (Å²) >= 11 is 3.32. The molecule has 810 valence electrons. The lowest BCUT2D eigenvalue weighted by Crippen LogP contribution is -3.00. The first kappa shape index (κ1) is 132. The van der Waals surface area contributed by atoms with Gasteiger partial charge in [-0.2, -0.15) is 79.0 Å². The highest BCUT2D eigenvalue weighted by Gasteiger charge is 2.36. The lowest BCUT2D eigenvalue weighted by Gasteiger charge is -2.22. The van der Waals surface area contributed by atoms with Crippen LogP contribution in [0.3, 0.4) is 0 Å². The van der Waals surface area contributed by atoms with E-state index in [4.69, 9.17) is 46.9 Å². The fourth-order valence-electron chi connectivity index (χ4n) is 10.8. The number of amides is 5. The number of nitrogens with two attached hydrogens (primary N) is 3. The fourth-order valence-corrected chi connectivity index (χ4v) is 11.3. The van der Waals surface area contributed by atoms with E-state index < -0.39 is 142 Å². The van der Waals surface area contributed by atoms with E-state index in [2.05, 4.69) is 62.5 Å². The summed E-state index contributed by atoms with van der Waals surface area (Å²) in [5.41, 5.74) is 22.7. The van der Waals surface area contributed by atoms with Crippen molar-refractivity contribution >= 4 is 70.7 Å². The van der Waals surface area contributed by atoms with Gasteiger partial charge < -0.3 is 75.7 Å². The summed E-state index contributed by atoms with van der Waals surface area (Å²) in [6.45, 7) is 25.5. The lowest BCUT2D eigenvalue weighted by molar-refractivity contribution is -0.908. The van der Waals surface area contributed by atoms with Crippen LogP contribution in [-0.4, -0.2) is 134 Å². The van der Waals surface area contributed by atoms with Crippen LogP contribution in [-0.2, 0) is 78.9 Å². The minimum absolute atomic E-state index is 0. The SMILES string of the molecule is CC(C)(NCc1cc(-c2ccc(C(F)(F)F)cc2)ccn1)C(N)=O.CC(C)([NH3+])C(N)=O.CC(NC(=O)OC(C)(C)C)C(=O)O.CC(NC(=O)OC(C)(C)C)C(N)=O.Cc1cc(-c2ccc(C(F)(F)F)cc2)cc[n+]1O.Cc1cc(-c2ccc(C(F)(F)F)cc2)ccn1.Cc1cc(Br)ccn1.O=Cc1cc(-c2ccc(C(F)(F)F)cc2)ccn1.OB(O)c1ccc(C(F)(F)F)cc1.OCc1cc(-c2ccc(C(F)(F)F)cc2)ccn1.[Cl-]. The van der Waals surface area contributed by atoms with Crippen LogP contribution in [0.5, 0.6) is 0 Å². The maximum absolute atomic E-state index is 12.6. The Labute approximate surface area is 866 Å². The molecule has 0 saturated heterocycles. The van der Waals surface area contributed by atoms with Gasteiger partial charge in [0, 0.05) is 77.2 Å². The average molecular weight is 2210 g/mol. The summed E-state index contributed by atoms with van der Waals surface area (Å²) in [7, 11) is -1.73. The Balaban J connectivity index is 0.000000571. The second-order valence-corrected chi connectivity index (χ2v) is 35.9. The molecule has 2 atom stereocenters. The van der Waals surface area contributed by atoms with Crippen LogP contribution in [0.4, 0.5) is 88.6 Å². The number of carboxylic acids is 1. The summed E-state index contributed by atoms with van der Waals surface area (Å²) < 4.78 is 234. The monoisotopic (exact) mass is 2210 g/mol. The van der Waals surface area contributed by atoms with Crippen LogP contribution < -0.4 is 61.5 Å². The van der Waals surface area contributed by atoms with E-state index in [9.17, 15) is 118 Å². The van der Waals surface area contributed by atoms with Gasteiger partial charge in [-0.1, -0.05) is 101 Å². The first-order valence-corrected chi connectivity index (χ1v) is 44.6. The number of halogens is 20. The van der Waals surface area contributed by atoms with Gasteiger partial charge in [-0.05, 0) is 279 Å². The summed E-state index contributed by atoms with van der Waals surface area (Å²) in [6.07, 6.45) is -17.4. The Kier molecular flexibility index (Phi) is 51.3. The molecule has 0 radical (unpaired) electrons. The van der Waals surface area contributed by atoms with Crippen molar-refractivity contribution < 1.29 is 170 Å². The van der Waals surface area contributed by atoms with E-state index in [1.165, 1.54) is 99.2 Å². The maximum Gasteiger partial charge on any atom is 0.488 e. The van der Waals surface area contributed by atoms with E-state index in [0.29, 0.717) is 57.7 Å². The van der Waals surface area contributed by atoms with Crippen LogP contribution in [0.2, 0.25) is 0 Å². The molecule has 0 aliphatic heterocycles. The summed E-state index contributed by atoms with van der Waals surface area (Å²) in [5.74, 6) is -2.54. The van der Waals surface area contributed by atoms with Crippen LogP contribution in [0, 0.1) is 20.8 Å². The number of aromatic nitrogens is 6. The van der Waals surface area contributed by atoms with Crippen molar-refractivity contribution in [3.63, 3.8) is 0 Å². The molecule has 48 heteroatoms. The summed E-state index contributed by atoms with van der Waals surface area (Å²) in [4.78, 5) is 94.9. The predicted octanol–water partition coefficient (Wildman–Crippen LogP) is 16.6. The molecule has 0 saturated carbocycles. The van der Waals surface area contributed by atoms with Crippen LogP contribution >= 0.6 is 15.9 Å². The number of aliphatic hydroxyl groups excluding tert-OH is 1. The topological polar surface area (TPSA) is 449 Å². The van der Waals surface area contributed by atoms with Crippen molar-refractivity contribution in [2.45, 2.75) is 188 Å². The van der Waals surface area contributed by atoms with E-state index in [0.717, 1.165) is 133 Å². The Bertz CT molecular complexity index is 6240. The number of alkyl carbamates (subject to hydrolysis) is 2. The molecule has 2 unspecified atom stereocenters. The molecule has 6 aromatic heterocycles. The molecule has 0 fully saturated rings. The second-order valence-electron chi connectivity index (χ2n) is 35.0. The molecular weight excluding hydrogens is 2100 g/mol. The second kappa shape index (κ2) is 58.4. The number of carbonyl (C=O) groups excluding carboxylic acids is 6. The molecule has 0 aliphatic rings. The number of benzene rings is 6. The molecule has 27 nitrogen and oxygen atoms in total. The van der Waals surface area contributed by atoms with Gasteiger partial charge in [-0.25, -0.2) is 9.59 Å². The number of aliphatic carboxylic acids is 1. The number of aryl methyl sites for hydroxylation is 3. The van der Waals surface area contributed by atoms with Crippen molar-refractivity contribution in [1.82, 2.24) is 40.9 Å². The number of hydrogen-bond acceptors (Lipinski definition) is 19. The number of quaternary nitrogens is 1. The van der Waals surface area contributed by atoms with Crippen molar-refractivity contribution in [3.05, 3.63) is 328 Å². The van der Waals surface area contributed by atoms with Gasteiger partial charge in [0.15, 0.2) is 11.8 Å². The first-order valence-electron chi connectivity index (χ1n) is 43.8. The molecule has 150 heavy (non-hydrogen) atoms. The third kappa shape index (κ3) is 50.0. The zero-order valence-electron chi connectivity index (χ0n) is 83.1. The van der Waals surface area contributed by atoms with E-state index in [1.807, 2.05) is 32.0 Å². The third-order valence-electron chi connectivity index (χ3n) is 19.1. The molecule has 0 spiro atoms. The molecule has 17 N–H and O–H groups in total. The molecule has 6 aromatic carbocycles. The molecule has 0 aliphatic carbocycles.